The number of amides is 1. The molecular formula is C20H20Cl2N2O3. The SMILES string of the molecule is CN1CCN(C(=O)c2cc(Cl)c3c(c2Cl)OC(C)(c2ccccc2)O3)CC1. The summed E-state index contributed by atoms with van der Waals surface area (Å²) in [6.45, 7) is 4.76. The Bertz CT molecular complexity index is 883. The summed E-state index contributed by atoms with van der Waals surface area (Å²) in [5, 5.41) is 0.546. The van der Waals surface area contributed by atoms with Crippen LogP contribution < -0.4 is 9.47 Å². The van der Waals surface area contributed by atoms with Gasteiger partial charge in [0.15, 0.2) is 11.5 Å². The number of fused-ring (bicyclic) bond motifs is 1. The highest BCUT2D eigenvalue weighted by Gasteiger charge is 2.42. The second-order valence-electron chi connectivity index (χ2n) is 6.99. The van der Waals surface area contributed by atoms with Crippen molar-refractivity contribution in [3.8, 4) is 11.5 Å². The molecule has 1 saturated heterocycles. The number of hydrogen-bond acceptors (Lipinski definition) is 4. The van der Waals surface area contributed by atoms with E-state index in [0.717, 1.165) is 18.7 Å². The summed E-state index contributed by atoms with van der Waals surface area (Å²) in [4.78, 5) is 17.0. The normalized spacial score (nSPS) is 22.1. The first kappa shape index (κ1) is 18.4. The van der Waals surface area contributed by atoms with E-state index in [0.29, 0.717) is 35.2 Å². The summed E-state index contributed by atoms with van der Waals surface area (Å²) in [7, 11) is 2.04. The van der Waals surface area contributed by atoms with Gasteiger partial charge in [-0.3, -0.25) is 4.79 Å². The smallest absolute Gasteiger partial charge is 0.275 e. The third kappa shape index (κ3) is 3.24. The van der Waals surface area contributed by atoms with E-state index in [1.165, 1.54) is 0 Å². The summed E-state index contributed by atoms with van der Waals surface area (Å²) < 4.78 is 12.1. The van der Waals surface area contributed by atoms with Gasteiger partial charge in [-0.15, -0.1) is 0 Å². The molecule has 7 heteroatoms. The lowest BCUT2D eigenvalue weighted by Gasteiger charge is -2.32. The van der Waals surface area contributed by atoms with Crippen molar-refractivity contribution in [2.75, 3.05) is 33.2 Å². The maximum absolute atomic E-state index is 13.0. The number of rotatable bonds is 2. The van der Waals surface area contributed by atoms with Crippen LogP contribution in [0, 0.1) is 0 Å². The van der Waals surface area contributed by atoms with Crippen molar-refractivity contribution in [1.29, 1.82) is 0 Å². The van der Waals surface area contributed by atoms with Crippen LogP contribution in [0.3, 0.4) is 0 Å². The van der Waals surface area contributed by atoms with Crippen molar-refractivity contribution in [2.45, 2.75) is 12.7 Å². The van der Waals surface area contributed by atoms with Crippen LogP contribution >= 0.6 is 23.2 Å². The molecule has 1 fully saturated rings. The quantitative estimate of drug-likeness (QED) is 0.754. The largest absolute Gasteiger partial charge is 0.443 e. The number of halogens is 2. The Labute approximate surface area is 168 Å². The highest BCUT2D eigenvalue weighted by molar-refractivity contribution is 6.38. The average Bonchev–Trinajstić information content (AvgIpc) is 3.05. The lowest BCUT2D eigenvalue weighted by molar-refractivity contribution is -0.0679. The van der Waals surface area contributed by atoms with Gasteiger partial charge in [-0.05, 0) is 13.1 Å². The number of benzene rings is 2. The maximum Gasteiger partial charge on any atom is 0.275 e. The molecule has 5 nitrogen and oxygen atoms in total. The predicted molar refractivity (Wildman–Crippen MR) is 105 cm³/mol. The van der Waals surface area contributed by atoms with E-state index >= 15 is 0 Å². The molecule has 2 aromatic rings. The summed E-state index contributed by atoms with van der Waals surface area (Å²) in [6.07, 6.45) is 0. The van der Waals surface area contributed by atoms with Crippen LogP contribution in [0.4, 0.5) is 0 Å². The van der Waals surface area contributed by atoms with E-state index in [2.05, 4.69) is 4.90 Å². The van der Waals surface area contributed by atoms with Gasteiger partial charge < -0.3 is 19.3 Å². The molecule has 2 aliphatic rings. The second-order valence-corrected chi connectivity index (χ2v) is 7.77. The Hall–Kier alpha value is -1.95. The van der Waals surface area contributed by atoms with Gasteiger partial charge >= 0.3 is 0 Å². The Morgan fingerprint density at radius 2 is 1.67 bits per heavy atom. The Morgan fingerprint density at radius 3 is 2.33 bits per heavy atom. The molecule has 0 aliphatic carbocycles. The molecule has 2 aromatic carbocycles. The molecule has 2 aliphatic heterocycles. The van der Waals surface area contributed by atoms with E-state index in [9.17, 15) is 4.79 Å². The summed E-state index contributed by atoms with van der Waals surface area (Å²) in [5.74, 6) is -0.516. The number of likely N-dealkylation sites (N-methyl/N-ethyl adjacent to an activating group) is 1. The standard InChI is InChI=1S/C20H20Cl2N2O3/c1-20(13-6-4-3-5-7-13)26-17-15(21)12-14(16(22)18(17)27-20)19(25)24-10-8-23(2)9-11-24/h3-7,12H,8-11H2,1-2H3. The van der Waals surface area contributed by atoms with Crippen LogP contribution in [0.1, 0.15) is 22.8 Å². The highest BCUT2D eigenvalue weighted by atomic mass is 35.5. The summed E-state index contributed by atoms with van der Waals surface area (Å²) in [5.41, 5.74) is 1.17. The van der Waals surface area contributed by atoms with Gasteiger partial charge in [-0.25, -0.2) is 0 Å². The number of hydrogen-bond donors (Lipinski definition) is 0. The second kappa shape index (κ2) is 6.89. The molecule has 4 rings (SSSR count). The van der Waals surface area contributed by atoms with Gasteiger partial charge in [0.05, 0.1) is 15.6 Å². The van der Waals surface area contributed by atoms with E-state index in [-0.39, 0.29) is 10.9 Å². The van der Waals surface area contributed by atoms with E-state index < -0.39 is 5.79 Å². The fourth-order valence-corrected chi connectivity index (χ4v) is 3.87. The minimum absolute atomic E-state index is 0.144. The van der Waals surface area contributed by atoms with Crippen molar-refractivity contribution in [2.24, 2.45) is 0 Å². The van der Waals surface area contributed by atoms with Crippen molar-refractivity contribution < 1.29 is 14.3 Å². The first-order valence-corrected chi connectivity index (χ1v) is 9.58. The maximum atomic E-state index is 13.0. The molecule has 1 amide bonds. The number of carbonyl (C=O) groups excluding carboxylic acids is 1. The lowest BCUT2D eigenvalue weighted by Crippen LogP contribution is -2.47. The van der Waals surface area contributed by atoms with Gasteiger partial charge in [-0.2, -0.15) is 0 Å². The molecule has 27 heavy (non-hydrogen) atoms. The van der Waals surface area contributed by atoms with Gasteiger partial charge in [0.1, 0.15) is 0 Å². The number of ether oxygens (including phenoxy) is 2. The third-order valence-corrected chi connectivity index (χ3v) is 5.70. The third-order valence-electron chi connectivity index (χ3n) is 5.04. The Kier molecular flexibility index (Phi) is 4.70. The molecule has 142 valence electrons. The number of nitrogens with zero attached hydrogens (tertiary/aromatic N) is 2. The molecular weight excluding hydrogens is 387 g/mol. The van der Waals surface area contributed by atoms with Gasteiger partial charge in [0, 0.05) is 38.7 Å². The van der Waals surface area contributed by atoms with E-state index in [1.54, 1.807) is 17.9 Å². The highest BCUT2D eigenvalue weighted by Crippen LogP contribution is 2.52. The van der Waals surface area contributed by atoms with Gasteiger partial charge in [-0.1, -0.05) is 53.5 Å². The Balaban J connectivity index is 1.67. The average molecular weight is 407 g/mol. The van der Waals surface area contributed by atoms with Gasteiger partial charge in [0.2, 0.25) is 0 Å². The lowest BCUT2D eigenvalue weighted by atomic mass is 10.1. The number of piperazine rings is 1. The van der Waals surface area contributed by atoms with Crippen LogP contribution in [0.2, 0.25) is 10.0 Å². The minimum atomic E-state index is -1.05. The minimum Gasteiger partial charge on any atom is -0.443 e. The molecule has 0 bridgehead atoms. The topological polar surface area (TPSA) is 42.0 Å². The van der Waals surface area contributed by atoms with E-state index in [4.69, 9.17) is 32.7 Å². The monoisotopic (exact) mass is 406 g/mol. The molecule has 0 spiro atoms. The van der Waals surface area contributed by atoms with E-state index in [1.807, 2.05) is 37.4 Å². The molecule has 1 atom stereocenters. The zero-order valence-electron chi connectivity index (χ0n) is 15.2. The zero-order chi connectivity index (χ0) is 19.2. The Morgan fingerprint density at radius 1 is 1.04 bits per heavy atom. The molecule has 2 heterocycles. The molecule has 1 unspecified atom stereocenters. The van der Waals surface area contributed by atoms with Gasteiger partial charge in [0.25, 0.3) is 11.7 Å². The summed E-state index contributed by atoms with van der Waals surface area (Å²) >= 11 is 13.0. The summed E-state index contributed by atoms with van der Waals surface area (Å²) in [6, 6.07) is 11.1. The van der Waals surface area contributed by atoms with Crippen LogP contribution in [0.15, 0.2) is 36.4 Å². The first-order valence-electron chi connectivity index (χ1n) is 8.82. The molecule has 0 N–H and O–H groups in total. The van der Waals surface area contributed by atoms with Crippen LogP contribution in [0.25, 0.3) is 0 Å². The van der Waals surface area contributed by atoms with Crippen LogP contribution in [0.5, 0.6) is 11.5 Å². The molecule has 0 radical (unpaired) electrons. The first-order chi connectivity index (χ1) is 12.9. The van der Waals surface area contributed by atoms with Crippen molar-refractivity contribution in [3.63, 3.8) is 0 Å². The van der Waals surface area contributed by atoms with Crippen molar-refractivity contribution in [1.82, 2.24) is 9.80 Å². The van der Waals surface area contributed by atoms with Crippen molar-refractivity contribution in [3.05, 3.63) is 57.6 Å². The molecule has 0 saturated carbocycles. The van der Waals surface area contributed by atoms with Crippen molar-refractivity contribution >= 4 is 29.1 Å². The van der Waals surface area contributed by atoms with Crippen LogP contribution in [-0.4, -0.2) is 48.9 Å². The fourth-order valence-electron chi connectivity index (χ4n) is 3.38. The van der Waals surface area contributed by atoms with Crippen LogP contribution in [-0.2, 0) is 5.79 Å². The predicted octanol–water partition coefficient (Wildman–Crippen LogP) is 4.03. The number of carbonyl (C=O) groups is 1. The fraction of sp³-hybridized carbons (Fsp3) is 0.350. The zero-order valence-corrected chi connectivity index (χ0v) is 16.7. The molecule has 0 aromatic heterocycles.